The molecule has 2 atom stereocenters. The molecule has 0 fully saturated rings. The van der Waals surface area contributed by atoms with Crippen molar-refractivity contribution in [2.45, 2.75) is 25.0 Å². The lowest BCUT2D eigenvalue weighted by Crippen LogP contribution is -2.28. The van der Waals surface area contributed by atoms with Gasteiger partial charge in [-0.2, -0.15) is 0 Å². The molecule has 0 saturated heterocycles. The molecule has 2 unspecified atom stereocenters. The smallest absolute Gasteiger partial charge is 0.126 e. The van der Waals surface area contributed by atoms with Crippen LogP contribution in [0.25, 0.3) is 0 Å². The van der Waals surface area contributed by atoms with E-state index in [1.54, 1.807) is 12.1 Å². The van der Waals surface area contributed by atoms with Gasteiger partial charge in [0.15, 0.2) is 0 Å². The van der Waals surface area contributed by atoms with Crippen molar-refractivity contribution in [2.24, 2.45) is 0 Å². The van der Waals surface area contributed by atoms with E-state index < -0.39 is 12.2 Å². The molecule has 1 aliphatic heterocycles. The summed E-state index contributed by atoms with van der Waals surface area (Å²) in [6.45, 7) is 0.583. The van der Waals surface area contributed by atoms with Gasteiger partial charge < -0.3 is 9.84 Å². The fourth-order valence-electron chi connectivity index (χ4n) is 2.78. The van der Waals surface area contributed by atoms with Gasteiger partial charge >= 0.3 is 0 Å². The highest BCUT2D eigenvalue weighted by Gasteiger charge is 2.28. The third-order valence-electron chi connectivity index (χ3n) is 3.82. The lowest BCUT2D eigenvalue weighted by atomic mass is 9.92. The number of aliphatic hydroxyl groups is 1. The number of ether oxygens (including phenoxy) is 1. The predicted molar refractivity (Wildman–Crippen MR) is 82.6 cm³/mol. The standard InChI is InChI=1S/C17H16BrFO2/c18-13-5-6-15(19)12(9-13)10-16(20)17-14-4-2-1-3-11(14)7-8-21-17/h1-6,9,16-17,20H,7-8,10H2. The molecule has 2 aromatic carbocycles. The molecule has 21 heavy (non-hydrogen) atoms. The molecular formula is C17H16BrFO2. The molecule has 0 radical (unpaired) electrons. The molecule has 1 aliphatic rings. The zero-order valence-corrected chi connectivity index (χ0v) is 13.0. The van der Waals surface area contributed by atoms with Gasteiger partial charge in [-0.25, -0.2) is 4.39 Å². The fourth-order valence-corrected chi connectivity index (χ4v) is 3.18. The molecular weight excluding hydrogens is 335 g/mol. The number of halogens is 2. The zero-order chi connectivity index (χ0) is 14.8. The van der Waals surface area contributed by atoms with Crippen molar-refractivity contribution in [3.63, 3.8) is 0 Å². The van der Waals surface area contributed by atoms with Crippen molar-refractivity contribution in [1.29, 1.82) is 0 Å². The Balaban J connectivity index is 1.83. The van der Waals surface area contributed by atoms with Crippen LogP contribution in [0, 0.1) is 5.82 Å². The molecule has 0 aliphatic carbocycles. The molecule has 2 nitrogen and oxygen atoms in total. The number of aliphatic hydroxyl groups excluding tert-OH is 1. The van der Waals surface area contributed by atoms with E-state index in [-0.39, 0.29) is 12.2 Å². The Morgan fingerprint density at radius 3 is 2.95 bits per heavy atom. The zero-order valence-electron chi connectivity index (χ0n) is 11.4. The first-order valence-corrected chi connectivity index (χ1v) is 7.76. The number of rotatable bonds is 3. The van der Waals surface area contributed by atoms with E-state index in [9.17, 15) is 9.50 Å². The van der Waals surface area contributed by atoms with E-state index in [4.69, 9.17) is 4.74 Å². The second-order valence-electron chi connectivity index (χ2n) is 5.25. The lowest BCUT2D eigenvalue weighted by Gasteiger charge is -2.30. The number of fused-ring (bicyclic) bond motifs is 1. The van der Waals surface area contributed by atoms with Crippen LogP contribution < -0.4 is 0 Å². The molecule has 0 spiro atoms. The van der Waals surface area contributed by atoms with E-state index >= 15 is 0 Å². The largest absolute Gasteiger partial charge is 0.390 e. The van der Waals surface area contributed by atoms with Gasteiger partial charge in [-0.15, -0.1) is 0 Å². The van der Waals surface area contributed by atoms with Crippen molar-refractivity contribution in [1.82, 2.24) is 0 Å². The first kappa shape index (κ1) is 14.7. The molecule has 3 rings (SSSR count). The number of hydrogen-bond donors (Lipinski definition) is 1. The lowest BCUT2D eigenvalue weighted by molar-refractivity contribution is -0.0463. The minimum atomic E-state index is -0.768. The monoisotopic (exact) mass is 350 g/mol. The average molecular weight is 351 g/mol. The van der Waals surface area contributed by atoms with Crippen LogP contribution in [-0.4, -0.2) is 17.8 Å². The van der Waals surface area contributed by atoms with Crippen molar-refractivity contribution in [3.8, 4) is 0 Å². The van der Waals surface area contributed by atoms with E-state index in [0.29, 0.717) is 12.2 Å². The predicted octanol–water partition coefficient (Wildman–Crippen LogP) is 3.81. The highest BCUT2D eigenvalue weighted by Crippen LogP contribution is 2.31. The first-order valence-electron chi connectivity index (χ1n) is 6.96. The third-order valence-corrected chi connectivity index (χ3v) is 4.31. The average Bonchev–Trinajstić information content (AvgIpc) is 2.50. The highest BCUT2D eigenvalue weighted by molar-refractivity contribution is 9.10. The van der Waals surface area contributed by atoms with Crippen LogP contribution >= 0.6 is 15.9 Å². The van der Waals surface area contributed by atoms with Gasteiger partial charge in [-0.3, -0.25) is 0 Å². The van der Waals surface area contributed by atoms with Crippen molar-refractivity contribution >= 4 is 15.9 Å². The maximum atomic E-state index is 13.8. The summed E-state index contributed by atoms with van der Waals surface area (Å²) < 4.78 is 20.3. The van der Waals surface area contributed by atoms with Crippen LogP contribution in [0.2, 0.25) is 0 Å². The van der Waals surface area contributed by atoms with Gasteiger partial charge in [0.25, 0.3) is 0 Å². The maximum Gasteiger partial charge on any atom is 0.126 e. The summed E-state index contributed by atoms with van der Waals surface area (Å²) in [5, 5.41) is 10.5. The highest BCUT2D eigenvalue weighted by atomic mass is 79.9. The Morgan fingerprint density at radius 2 is 2.10 bits per heavy atom. The van der Waals surface area contributed by atoms with Crippen LogP contribution in [0.3, 0.4) is 0 Å². The van der Waals surface area contributed by atoms with E-state index in [2.05, 4.69) is 22.0 Å². The van der Waals surface area contributed by atoms with E-state index in [1.807, 2.05) is 18.2 Å². The van der Waals surface area contributed by atoms with Crippen molar-refractivity contribution in [3.05, 3.63) is 69.4 Å². The summed E-state index contributed by atoms with van der Waals surface area (Å²) in [7, 11) is 0. The van der Waals surface area contributed by atoms with Gasteiger partial charge in [0.1, 0.15) is 11.9 Å². The van der Waals surface area contributed by atoms with Gasteiger partial charge in [0.2, 0.25) is 0 Å². The molecule has 0 saturated carbocycles. The van der Waals surface area contributed by atoms with Crippen LogP contribution in [0.1, 0.15) is 22.8 Å². The summed E-state index contributed by atoms with van der Waals surface area (Å²) in [5.41, 5.74) is 2.69. The first-order chi connectivity index (χ1) is 10.1. The molecule has 4 heteroatoms. The van der Waals surface area contributed by atoms with Gasteiger partial charge in [0, 0.05) is 10.9 Å². The summed E-state index contributed by atoms with van der Waals surface area (Å²) in [4.78, 5) is 0. The second kappa shape index (κ2) is 6.26. The van der Waals surface area contributed by atoms with Crippen LogP contribution in [-0.2, 0) is 17.6 Å². The topological polar surface area (TPSA) is 29.5 Å². The molecule has 0 aromatic heterocycles. The molecule has 0 bridgehead atoms. The van der Waals surface area contributed by atoms with Gasteiger partial charge in [0.05, 0.1) is 12.7 Å². The molecule has 1 heterocycles. The number of benzene rings is 2. The van der Waals surface area contributed by atoms with Crippen LogP contribution in [0.5, 0.6) is 0 Å². The van der Waals surface area contributed by atoms with Gasteiger partial charge in [-0.05, 0) is 41.3 Å². The van der Waals surface area contributed by atoms with Crippen LogP contribution in [0.15, 0.2) is 46.9 Å². The van der Waals surface area contributed by atoms with Crippen molar-refractivity contribution < 1.29 is 14.2 Å². The minimum absolute atomic E-state index is 0.226. The normalized spacial score (nSPS) is 19.1. The Bertz CT molecular complexity index is 644. The summed E-state index contributed by atoms with van der Waals surface area (Å²) >= 11 is 3.33. The molecule has 110 valence electrons. The van der Waals surface area contributed by atoms with Gasteiger partial charge in [-0.1, -0.05) is 40.2 Å². The van der Waals surface area contributed by atoms with E-state index in [1.165, 1.54) is 11.6 Å². The third kappa shape index (κ3) is 3.18. The minimum Gasteiger partial charge on any atom is -0.390 e. The van der Waals surface area contributed by atoms with E-state index in [0.717, 1.165) is 16.5 Å². The number of hydrogen-bond acceptors (Lipinski definition) is 2. The second-order valence-corrected chi connectivity index (χ2v) is 6.16. The quantitative estimate of drug-likeness (QED) is 0.911. The summed E-state index contributed by atoms with van der Waals surface area (Å²) in [5.74, 6) is -0.304. The fraction of sp³-hybridized carbons (Fsp3) is 0.294. The molecule has 0 amide bonds. The molecule has 1 N–H and O–H groups in total. The summed E-state index contributed by atoms with van der Waals surface area (Å²) in [6.07, 6.45) is -0.0851. The summed E-state index contributed by atoms with van der Waals surface area (Å²) in [6, 6.07) is 12.7. The Morgan fingerprint density at radius 1 is 1.29 bits per heavy atom. The SMILES string of the molecule is OC(Cc1cc(Br)ccc1F)C1OCCc2ccccc21. The Kier molecular flexibility index (Phi) is 4.38. The maximum absolute atomic E-state index is 13.8. The van der Waals surface area contributed by atoms with Crippen LogP contribution in [0.4, 0.5) is 4.39 Å². The Labute approximate surface area is 131 Å². The molecule has 2 aromatic rings. The van der Waals surface area contributed by atoms with Crippen molar-refractivity contribution in [2.75, 3.05) is 6.61 Å². The Hall–Kier alpha value is -1.23.